The molecule has 0 aliphatic heterocycles. The second kappa shape index (κ2) is 6.12. The van der Waals surface area contributed by atoms with Crippen molar-refractivity contribution in [2.45, 2.75) is 59.6 Å². The summed E-state index contributed by atoms with van der Waals surface area (Å²) in [4.78, 5) is 0. The van der Waals surface area contributed by atoms with Crippen molar-refractivity contribution in [2.24, 2.45) is 0 Å². The topological polar surface area (TPSA) is 9.23 Å². The molecule has 0 bridgehead atoms. The summed E-state index contributed by atoms with van der Waals surface area (Å²) in [5, 5.41) is 0. The number of alkyl halides is 20. The van der Waals surface area contributed by atoms with Crippen LogP contribution in [0.1, 0.15) is 0 Å². The van der Waals surface area contributed by atoms with E-state index in [0.29, 0.717) is 0 Å². The van der Waals surface area contributed by atoms with Crippen molar-refractivity contribution >= 4 is 0 Å². The first-order chi connectivity index (χ1) is 13.0. The molecule has 1 fully saturated rings. The predicted octanol–water partition coefficient (Wildman–Crippen LogP) is 6.28. The fourth-order valence-corrected chi connectivity index (χ4v) is 2.23. The quantitative estimate of drug-likeness (QED) is 0.402. The third kappa shape index (κ3) is 2.75. The van der Waals surface area contributed by atoms with Gasteiger partial charge in [0, 0.05) is 0 Å². The van der Waals surface area contributed by atoms with Crippen LogP contribution < -0.4 is 0 Å². The van der Waals surface area contributed by atoms with Gasteiger partial charge in [0.05, 0.1) is 0 Å². The molecule has 0 amide bonds. The average molecular weight is 516 g/mol. The minimum atomic E-state index is -8.83. The first-order valence-corrected chi connectivity index (χ1v) is 6.44. The molecular formula is C10F20O. The highest BCUT2D eigenvalue weighted by Gasteiger charge is 3.05. The number of hydrogen-bond acceptors (Lipinski definition) is 1. The van der Waals surface area contributed by atoms with Gasteiger partial charge in [0.15, 0.2) is 0 Å². The number of halogens is 20. The van der Waals surface area contributed by atoms with Gasteiger partial charge < -0.3 is 4.74 Å². The van der Waals surface area contributed by atoms with E-state index in [4.69, 9.17) is 0 Å². The molecule has 1 aliphatic carbocycles. The van der Waals surface area contributed by atoms with E-state index < -0.39 is 59.6 Å². The standard InChI is InChI=1S/C10F20O/c11-2(12,10(28,29)30)1(8(22,23)24,9(25,26)27)31-7(21)5(17,18)3(13,14)4(15,16)6(7,19)20. The van der Waals surface area contributed by atoms with E-state index in [1.165, 1.54) is 0 Å². The van der Waals surface area contributed by atoms with Gasteiger partial charge in [-0.1, -0.05) is 0 Å². The molecule has 1 saturated carbocycles. The van der Waals surface area contributed by atoms with E-state index in [2.05, 4.69) is 0 Å². The van der Waals surface area contributed by atoms with Crippen LogP contribution in [0.15, 0.2) is 0 Å². The third-order valence-electron chi connectivity index (χ3n) is 3.88. The van der Waals surface area contributed by atoms with Crippen molar-refractivity contribution in [3.63, 3.8) is 0 Å². The minimum absolute atomic E-state index is 1.16. The second-order valence-corrected chi connectivity index (χ2v) is 5.74. The van der Waals surface area contributed by atoms with Gasteiger partial charge in [0.25, 0.3) is 0 Å². The van der Waals surface area contributed by atoms with Crippen molar-refractivity contribution in [3.8, 4) is 0 Å². The smallest absolute Gasteiger partial charge is 0.306 e. The highest BCUT2D eigenvalue weighted by molar-refractivity contribution is 5.25. The fraction of sp³-hybridized carbons (Fsp3) is 1.00. The lowest BCUT2D eigenvalue weighted by Gasteiger charge is -2.46. The molecule has 31 heavy (non-hydrogen) atoms. The van der Waals surface area contributed by atoms with Gasteiger partial charge in [-0.25, -0.2) is 0 Å². The fourth-order valence-electron chi connectivity index (χ4n) is 2.23. The lowest BCUT2D eigenvalue weighted by atomic mass is 9.91. The first-order valence-electron chi connectivity index (χ1n) is 6.44. The molecule has 0 aromatic heterocycles. The van der Waals surface area contributed by atoms with Crippen LogP contribution in [0.2, 0.25) is 0 Å². The molecule has 1 nitrogen and oxygen atoms in total. The number of hydrogen-bond donors (Lipinski definition) is 0. The molecular weight excluding hydrogens is 516 g/mol. The van der Waals surface area contributed by atoms with Crippen LogP contribution in [0, 0.1) is 0 Å². The summed E-state index contributed by atoms with van der Waals surface area (Å²) < 4.78 is 260. The van der Waals surface area contributed by atoms with Gasteiger partial charge in [-0.2, -0.15) is 87.8 Å². The zero-order chi connectivity index (χ0) is 25.7. The largest absolute Gasteiger partial charge is 0.457 e. The maximum absolute atomic E-state index is 14.0. The van der Waals surface area contributed by atoms with E-state index in [9.17, 15) is 87.8 Å². The molecule has 0 radical (unpaired) electrons. The van der Waals surface area contributed by atoms with Crippen LogP contribution in [0.5, 0.6) is 0 Å². The van der Waals surface area contributed by atoms with Crippen molar-refractivity contribution in [1.29, 1.82) is 0 Å². The molecule has 0 heterocycles. The predicted molar refractivity (Wildman–Crippen MR) is 50.6 cm³/mol. The van der Waals surface area contributed by atoms with Crippen molar-refractivity contribution in [1.82, 2.24) is 0 Å². The minimum Gasteiger partial charge on any atom is -0.306 e. The van der Waals surface area contributed by atoms with Crippen molar-refractivity contribution in [3.05, 3.63) is 0 Å². The van der Waals surface area contributed by atoms with Gasteiger partial charge in [0.2, 0.25) is 0 Å². The molecule has 0 spiro atoms. The Hall–Kier alpha value is -1.44. The molecule has 0 aromatic rings. The highest BCUT2D eigenvalue weighted by Crippen LogP contribution is 2.72. The van der Waals surface area contributed by atoms with Crippen LogP contribution in [0.25, 0.3) is 0 Å². The highest BCUT2D eigenvalue weighted by atomic mass is 19.4. The average Bonchev–Trinajstić information content (AvgIpc) is 2.51. The summed E-state index contributed by atoms with van der Waals surface area (Å²) in [6.45, 7) is 0. The molecule has 0 atom stereocenters. The van der Waals surface area contributed by atoms with Gasteiger partial charge in [-0.3, -0.25) is 0 Å². The Balaban J connectivity index is 4.17. The zero-order valence-electron chi connectivity index (χ0n) is 13.0. The summed E-state index contributed by atoms with van der Waals surface area (Å²) in [7, 11) is 0. The SMILES string of the molecule is FC(F)(F)C(F)(F)C(OC1(F)C(F)(F)C(F)(F)C(F)(F)C1(F)F)(C(F)(F)F)C(F)(F)F. The van der Waals surface area contributed by atoms with Crippen LogP contribution >= 0.6 is 0 Å². The van der Waals surface area contributed by atoms with Crippen LogP contribution in [-0.2, 0) is 4.74 Å². The molecule has 1 rings (SSSR count). The van der Waals surface area contributed by atoms with E-state index in [0.717, 1.165) is 4.74 Å². The molecule has 186 valence electrons. The van der Waals surface area contributed by atoms with E-state index in [-0.39, 0.29) is 0 Å². The lowest BCUT2D eigenvalue weighted by molar-refractivity contribution is -0.521. The first kappa shape index (κ1) is 27.6. The van der Waals surface area contributed by atoms with Gasteiger partial charge in [-0.15, -0.1) is 0 Å². The van der Waals surface area contributed by atoms with Crippen molar-refractivity contribution < 1.29 is 92.5 Å². The summed E-state index contributed by atoms with van der Waals surface area (Å²) >= 11 is 0. The number of ether oxygens (including phenoxy) is 1. The Morgan fingerprint density at radius 2 is 0.645 bits per heavy atom. The molecule has 0 saturated heterocycles. The zero-order valence-corrected chi connectivity index (χ0v) is 13.0. The molecule has 0 unspecified atom stereocenters. The lowest BCUT2D eigenvalue weighted by Crippen LogP contribution is -2.77. The van der Waals surface area contributed by atoms with E-state index in [1.54, 1.807) is 0 Å². The van der Waals surface area contributed by atoms with Crippen LogP contribution in [0.3, 0.4) is 0 Å². The summed E-state index contributed by atoms with van der Waals surface area (Å²) in [6.07, 6.45) is -25.3. The Kier molecular flexibility index (Phi) is 5.44. The monoisotopic (exact) mass is 516 g/mol. The van der Waals surface area contributed by atoms with E-state index in [1.807, 2.05) is 0 Å². The molecule has 21 heteroatoms. The maximum Gasteiger partial charge on any atom is 0.457 e. The third-order valence-corrected chi connectivity index (χ3v) is 3.88. The Morgan fingerprint density at radius 1 is 0.387 bits per heavy atom. The Labute approximate surface area is 153 Å². The number of rotatable bonds is 3. The van der Waals surface area contributed by atoms with Gasteiger partial charge in [-0.05, 0) is 0 Å². The molecule has 1 aliphatic rings. The summed E-state index contributed by atoms with van der Waals surface area (Å²) in [5.74, 6) is -49.5. The van der Waals surface area contributed by atoms with E-state index >= 15 is 0 Å². The Morgan fingerprint density at radius 3 is 0.839 bits per heavy atom. The Bertz CT molecular complexity index is 665. The second-order valence-electron chi connectivity index (χ2n) is 5.74. The van der Waals surface area contributed by atoms with Crippen molar-refractivity contribution in [2.75, 3.05) is 0 Å². The normalized spacial score (nSPS) is 25.5. The van der Waals surface area contributed by atoms with Gasteiger partial charge >= 0.3 is 59.6 Å². The van der Waals surface area contributed by atoms with Crippen LogP contribution in [0.4, 0.5) is 87.8 Å². The van der Waals surface area contributed by atoms with Gasteiger partial charge in [0.1, 0.15) is 0 Å². The molecule has 0 aromatic carbocycles. The van der Waals surface area contributed by atoms with Crippen LogP contribution in [-0.4, -0.2) is 59.6 Å². The maximum atomic E-state index is 14.0. The summed E-state index contributed by atoms with van der Waals surface area (Å²) in [5.41, 5.74) is -8.83. The molecule has 0 N–H and O–H groups in total. The summed E-state index contributed by atoms with van der Waals surface area (Å²) in [6, 6.07) is 0.